The number of hydrogen-bond acceptors (Lipinski definition) is 4. The molecule has 0 aromatic heterocycles. The van der Waals surface area contributed by atoms with Gasteiger partial charge in [-0.05, 0) is 54.7 Å². The summed E-state index contributed by atoms with van der Waals surface area (Å²) >= 11 is 0. The van der Waals surface area contributed by atoms with Gasteiger partial charge in [-0.3, -0.25) is 4.79 Å². The van der Waals surface area contributed by atoms with Gasteiger partial charge in [-0.15, -0.1) is 0 Å². The molecular formula is C22H33NO5. The highest BCUT2D eigenvalue weighted by Crippen LogP contribution is 2.37. The van der Waals surface area contributed by atoms with Crippen molar-refractivity contribution in [2.45, 2.75) is 65.0 Å². The quantitative estimate of drug-likeness (QED) is 0.709. The van der Waals surface area contributed by atoms with Gasteiger partial charge in [0, 0.05) is 19.6 Å². The fourth-order valence-electron chi connectivity index (χ4n) is 3.73. The monoisotopic (exact) mass is 391 g/mol. The third-order valence-electron chi connectivity index (χ3n) is 5.59. The standard InChI is InChI=1S/C22H33NO5/c1-22(2,3)16-7-9-17(10-8-16)23-20(24)14-28-18-11-5-15(6-12-18)13-19(27-4)21(25)26/h5-6,11-12,16-17,19H,7-10,13-14H2,1-4H3,(H,23,24)(H,25,26)/t16?,17?,19-/m0/s1. The predicted molar refractivity (Wildman–Crippen MR) is 107 cm³/mol. The molecule has 0 unspecified atom stereocenters. The molecule has 0 spiro atoms. The third-order valence-corrected chi connectivity index (χ3v) is 5.59. The van der Waals surface area contributed by atoms with Gasteiger partial charge in [0.1, 0.15) is 5.75 Å². The molecule has 2 N–H and O–H groups in total. The molecule has 1 atom stereocenters. The van der Waals surface area contributed by atoms with Crippen molar-refractivity contribution in [3.63, 3.8) is 0 Å². The molecule has 6 nitrogen and oxygen atoms in total. The fraction of sp³-hybridized carbons (Fsp3) is 0.636. The number of carboxylic acids is 1. The van der Waals surface area contributed by atoms with Gasteiger partial charge in [-0.1, -0.05) is 32.9 Å². The molecule has 1 aromatic rings. The number of nitrogens with one attached hydrogen (secondary N) is 1. The van der Waals surface area contributed by atoms with E-state index in [1.54, 1.807) is 24.3 Å². The van der Waals surface area contributed by atoms with Gasteiger partial charge in [-0.25, -0.2) is 4.79 Å². The molecular weight excluding hydrogens is 358 g/mol. The van der Waals surface area contributed by atoms with E-state index in [-0.39, 0.29) is 25.0 Å². The van der Waals surface area contributed by atoms with Crippen molar-refractivity contribution in [3.05, 3.63) is 29.8 Å². The van der Waals surface area contributed by atoms with E-state index in [4.69, 9.17) is 14.6 Å². The first-order valence-electron chi connectivity index (χ1n) is 9.95. The average molecular weight is 392 g/mol. The Morgan fingerprint density at radius 1 is 1.14 bits per heavy atom. The van der Waals surface area contributed by atoms with Crippen LogP contribution in [0.15, 0.2) is 24.3 Å². The molecule has 6 heteroatoms. The maximum absolute atomic E-state index is 12.2. The van der Waals surface area contributed by atoms with E-state index in [1.807, 2.05) is 0 Å². The number of aliphatic carboxylic acids is 1. The van der Waals surface area contributed by atoms with Crippen LogP contribution in [-0.4, -0.2) is 42.8 Å². The average Bonchev–Trinajstić information content (AvgIpc) is 2.65. The van der Waals surface area contributed by atoms with Crippen molar-refractivity contribution in [1.82, 2.24) is 5.32 Å². The lowest BCUT2D eigenvalue weighted by Gasteiger charge is -2.37. The van der Waals surface area contributed by atoms with E-state index in [9.17, 15) is 9.59 Å². The molecule has 156 valence electrons. The minimum Gasteiger partial charge on any atom is -0.484 e. The molecule has 1 aromatic carbocycles. The Morgan fingerprint density at radius 2 is 1.75 bits per heavy atom. The second-order valence-corrected chi connectivity index (χ2v) is 8.68. The Balaban J connectivity index is 1.73. The number of carboxylic acid groups (broad SMARTS) is 1. The van der Waals surface area contributed by atoms with Gasteiger partial charge in [-0.2, -0.15) is 0 Å². The first kappa shape index (κ1) is 22.2. The summed E-state index contributed by atoms with van der Waals surface area (Å²) in [5.41, 5.74) is 1.17. The van der Waals surface area contributed by atoms with E-state index < -0.39 is 12.1 Å². The maximum atomic E-state index is 12.2. The van der Waals surface area contributed by atoms with E-state index in [0.29, 0.717) is 17.1 Å². The zero-order valence-electron chi connectivity index (χ0n) is 17.4. The van der Waals surface area contributed by atoms with Gasteiger partial charge in [0.2, 0.25) is 0 Å². The zero-order valence-corrected chi connectivity index (χ0v) is 17.4. The van der Waals surface area contributed by atoms with Crippen molar-refractivity contribution in [3.8, 4) is 5.75 Å². The molecule has 2 rings (SSSR count). The SMILES string of the molecule is CO[C@@H](Cc1ccc(OCC(=O)NC2CCC(C(C)(C)C)CC2)cc1)C(=O)O. The topological polar surface area (TPSA) is 84.9 Å². The molecule has 1 fully saturated rings. The van der Waals surface area contributed by atoms with Crippen molar-refractivity contribution >= 4 is 11.9 Å². The highest BCUT2D eigenvalue weighted by Gasteiger charge is 2.30. The number of carbonyl (C=O) groups excluding carboxylic acids is 1. The molecule has 0 aliphatic heterocycles. The van der Waals surface area contributed by atoms with Crippen molar-refractivity contribution < 1.29 is 24.2 Å². The summed E-state index contributed by atoms with van der Waals surface area (Å²) in [6.45, 7) is 6.83. The van der Waals surface area contributed by atoms with Crippen LogP contribution in [0.4, 0.5) is 0 Å². The zero-order chi connectivity index (χ0) is 20.7. The second kappa shape index (κ2) is 9.92. The lowest BCUT2D eigenvalue weighted by molar-refractivity contribution is -0.148. The van der Waals surface area contributed by atoms with Gasteiger partial charge in [0.05, 0.1) is 0 Å². The van der Waals surface area contributed by atoms with Crippen LogP contribution in [-0.2, 0) is 20.7 Å². The first-order chi connectivity index (χ1) is 13.2. The van der Waals surface area contributed by atoms with E-state index in [2.05, 4.69) is 26.1 Å². The Morgan fingerprint density at radius 3 is 2.25 bits per heavy atom. The molecule has 1 amide bonds. The summed E-state index contributed by atoms with van der Waals surface area (Å²) in [4.78, 5) is 23.2. The van der Waals surface area contributed by atoms with Gasteiger partial charge < -0.3 is 19.9 Å². The number of hydrogen-bond donors (Lipinski definition) is 2. The summed E-state index contributed by atoms with van der Waals surface area (Å²) in [6, 6.07) is 7.29. The first-order valence-corrected chi connectivity index (χ1v) is 9.95. The van der Waals surface area contributed by atoms with Crippen molar-refractivity contribution in [2.75, 3.05) is 13.7 Å². The molecule has 0 heterocycles. The number of rotatable bonds is 8. The number of methoxy groups -OCH3 is 1. The fourth-order valence-corrected chi connectivity index (χ4v) is 3.73. The van der Waals surface area contributed by atoms with E-state index in [1.165, 1.54) is 7.11 Å². The van der Waals surface area contributed by atoms with Crippen LogP contribution in [0.1, 0.15) is 52.0 Å². The Kier molecular flexibility index (Phi) is 7.87. The lowest BCUT2D eigenvalue weighted by Crippen LogP contribution is -2.41. The van der Waals surface area contributed by atoms with Gasteiger partial charge >= 0.3 is 5.97 Å². The second-order valence-electron chi connectivity index (χ2n) is 8.68. The van der Waals surface area contributed by atoms with Crippen LogP contribution < -0.4 is 10.1 Å². The Bertz CT molecular complexity index is 642. The minimum absolute atomic E-state index is 0.0195. The summed E-state index contributed by atoms with van der Waals surface area (Å²) in [7, 11) is 1.38. The molecule has 1 aliphatic rings. The number of carbonyl (C=O) groups is 2. The molecule has 0 saturated heterocycles. The highest BCUT2D eigenvalue weighted by atomic mass is 16.5. The molecule has 0 bridgehead atoms. The summed E-state index contributed by atoms with van der Waals surface area (Å²) in [5.74, 6) is 0.207. The van der Waals surface area contributed by atoms with E-state index in [0.717, 1.165) is 31.2 Å². The van der Waals surface area contributed by atoms with E-state index >= 15 is 0 Å². The Labute approximate surface area is 167 Å². The van der Waals surface area contributed by atoms with Crippen LogP contribution in [0.25, 0.3) is 0 Å². The van der Waals surface area contributed by atoms with Crippen LogP contribution in [0.2, 0.25) is 0 Å². The maximum Gasteiger partial charge on any atom is 0.333 e. The van der Waals surface area contributed by atoms with Crippen molar-refractivity contribution in [2.24, 2.45) is 11.3 Å². The lowest BCUT2D eigenvalue weighted by atomic mass is 9.71. The third kappa shape index (κ3) is 6.82. The number of ether oxygens (including phenoxy) is 2. The normalized spacial score (nSPS) is 21.0. The smallest absolute Gasteiger partial charge is 0.333 e. The van der Waals surface area contributed by atoms with Crippen LogP contribution >= 0.6 is 0 Å². The molecule has 0 radical (unpaired) electrons. The van der Waals surface area contributed by atoms with Gasteiger partial charge in [0.25, 0.3) is 5.91 Å². The molecule has 1 saturated carbocycles. The van der Waals surface area contributed by atoms with Gasteiger partial charge in [0.15, 0.2) is 12.7 Å². The van der Waals surface area contributed by atoms with Crippen molar-refractivity contribution in [1.29, 1.82) is 0 Å². The minimum atomic E-state index is -0.990. The van der Waals surface area contributed by atoms with Crippen LogP contribution in [0, 0.1) is 11.3 Å². The summed E-state index contributed by atoms with van der Waals surface area (Å²) in [5, 5.41) is 12.1. The molecule has 28 heavy (non-hydrogen) atoms. The van der Waals surface area contributed by atoms with Crippen LogP contribution in [0.3, 0.4) is 0 Å². The predicted octanol–water partition coefficient (Wildman–Crippen LogP) is 3.43. The van der Waals surface area contributed by atoms with Crippen LogP contribution in [0.5, 0.6) is 5.75 Å². The number of amides is 1. The summed E-state index contributed by atoms with van der Waals surface area (Å²) < 4.78 is 10.5. The largest absolute Gasteiger partial charge is 0.484 e. The number of benzene rings is 1. The highest BCUT2D eigenvalue weighted by molar-refractivity contribution is 5.77. The summed E-state index contributed by atoms with van der Waals surface area (Å²) in [6.07, 6.45) is 3.75. The Hall–Kier alpha value is -2.08. The molecule has 1 aliphatic carbocycles.